The van der Waals surface area contributed by atoms with Gasteiger partial charge in [-0.25, -0.2) is 0 Å². The van der Waals surface area contributed by atoms with Crippen molar-refractivity contribution in [3.8, 4) is 10.7 Å². The number of H-pyrrole nitrogens is 1. The number of aromatic nitrogens is 3. The van der Waals surface area contributed by atoms with Crippen LogP contribution in [0.15, 0.2) is 41.8 Å². The van der Waals surface area contributed by atoms with Gasteiger partial charge in [-0.15, -0.1) is 11.3 Å². The highest BCUT2D eigenvalue weighted by atomic mass is 32.1. The molecule has 0 atom stereocenters. The van der Waals surface area contributed by atoms with Crippen LogP contribution < -0.4 is 10.6 Å². The van der Waals surface area contributed by atoms with Gasteiger partial charge in [0, 0.05) is 19.2 Å². The van der Waals surface area contributed by atoms with E-state index in [1.165, 1.54) is 18.3 Å². The Bertz CT molecular complexity index is 958. The lowest BCUT2D eigenvalue weighted by Crippen LogP contribution is -2.27. The first-order valence-electron chi connectivity index (χ1n) is 7.85. The third-order valence-corrected chi connectivity index (χ3v) is 4.74. The molecule has 2 aromatic heterocycles. The molecule has 0 fully saturated rings. The molecular formula is C17H17N5O2S2. The number of aromatic amines is 1. The minimum absolute atomic E-state index is 0.0898. The van der Waals surface area contributed by atoms with E-state index in [1.807, 2.05) is 29.6 Å². The topological polar surface area (TPSA) is 91.8 Å². The number of nitrogens with zero attached hydrogens (tertiary/aromatic N) is 2. The third kappa shape index (κ3) is 4.44. The van der Waals surface area contributed by atoms with Gasteiger partial charge in [0.1, 0.15) is 6.54 Å². The van der Waals surface area contributed by atoms with Crippen LogP contribution >= 0.6 is 23.6 Å². The average Bonchev–Trinajstić information content (AvgIpc) is 3.24. The second-order valence-electron chi connectivity index (χ2n) is 5.57. The van der Waals surface area contributed by atoms with Gasteiger partial charge >= 0.3 is 0 Å². The van der Waals surface area contributed by atoms with Crippen LogP contribution in [0.3, 0.4) is 0 Å². The van der Waals surface area contributed by atoms with Crippen molar-refractivity contribution in [1.82, 2.24) is 20.1 Å². The number of thiophene rings is 1. The van der Waals surface area contributed by atoms with Crippen molar-refractivity contribution < 1.29 is 9.59 Å². The largest absolute Gasteiger partial charge is 0.350 e. The number of hydrogen-bond donors (Lipinski definition) is 3. The number of anilines is 1. The lowest BCUT2D eigenvalue weighted by atomic mass is 10.2. The zero-order valence-electron chi connectivity index (χ0n) is 14.0. The molecule has 0 aliphatic rings. The normalized spacial score (nSPS) is 10.5. The van der Waals surface area contributed by atoms with Crippen molar-refractivity contribution in [1.29, 1.82) is 0 Å². The molecule has 2 amide bonds. The monoisotopic (exact) mass is 387 g/mol. The molecule has 0 radical (unpaired) electrons. The third-order valence-electron chi connectivity index (χ3n) is 3.57. The molecule has 0 unspecified atom stereocenters. The Balaban J connectivity index is 1.61. The predicted octanol–water partition coefficient (Wildman–Crippen LogP) is 2.94. The van der Waals surface area contributed by atoms with Crippen molar-refractivity contribution in [3.05, 3.63) is 52.1 Å². The summed E-state index contributed by atoms with van der Waals surface area (Å²) in [6, 6.07) is 11.2. The molecule has 0 bridgehead atoms. The second kappa shape index (κ2) is 8.07. The Labute approximate surface area is 159 Å². The number of hydrogen-bond acceptors (Lipinski definition) is 5. The highest BCUT2D eigenvalue weighted by Gasteiger charge is 2.13. The van der Waals surface area contributed by atoms with Gasteiger partial charge in [-0.05, 0) is 41.4 Å². The first kappa shape index (κ1) is 18.0. The van der Waals surface area contributed by atoms with Crippen LogP contribution in [0.2, 0.25) is 0 Å². The summed E-state index contributed by atoms with van der Waals surface area (Å²) in [4.78, 5) is 24.3. The summed E-state index contributed by atoms with van der Waals surface area (Å²) in [5.41, 5.74) is 1.65. The molecule has 3 rings (SSSR count). The molecule has 3 N–H and O–H groups in total. The summed E-state index contributed by atoms with van der Waals surface area (Å²) in [5.74, 6) is 0.371. The number of amides is 2. The maximum atomic E-state index is 12.3. The fourth-order valence-corrected chi connectivity index (χ4v) is 3.29. The second-order valence-corrected chi connectivity index (χ2v) is 6.91. The van der Waals surface area contributed by atoms with E-state index in [2.05, 4.69) is 20.8 Å². The van der Waals surface area contributed by atoms with Gasteiger partial charge in [0.05, 0.1) is 4.88 Å². The lowest BCUT2D eigenvalue weighted by Gasteiger charge is -2.08. The molecule has 2 heterocycles. The fraction of sp³-hybridized carbons (Fsp3) is 0.176. The fourth-order valence-electron chi connectivity index (χ4n) is 2.37. The lowest BCUT2D eigenvalue weighted by molar-refractivity contribution is -0.121. The molecule has 26 heavy (non-hydrogen) atoms. The molecule has 9 heteroatoms. The van der Waals surface area contributed by atoms with Gasteiger partial charge in [0.25, 0.3) is 0 Å². The highest BCUT2D eigenvalue weighted by Crippen LogP contribution is 2.22. The standard InChI is InChI=1S/C17H17N5O2S2/c1-11(23)19-13-6-4-12(5-7-13)9-18-15(24)10-22-16(20-21-17(22)25)14-3-2-8-26-14/h2-8H,9-10H2,1H3,(H,18,24)(H,19,23)(H,21,25). The summed E-state index contributed by atoms with van der Waals surface area (Å²) in [5, 5.41) is 14.5. The Hall–Kier alpha value is -2.78. The van der Waals surface area contributed by atoms with Gasteiger partial charge < -0.3 is 10.6 Å². The highest BCUT2D eigenvalue weighted by molar-refractivity contribution is 7.71. The van der Waals surface area contributed by atoms with Crippen molar-refractivity contribution in [2.24, 2.45) is 0 Å². The van der Waals surface area contributed by atoms with Gasteiger partial charge in [-0.3, -0.25) is 19.3 Å². The maximum Gasteiger partial charge on any atom is 0.240 e. The van der Waals surface area contributed by atoms with E-state index in [9.17, 15) is 9.59 Å². The van der Waals surface area contributed by atoms with E-state index in [4.69, 9.17) is 12.2 Å². The van der Waals surface area contributed by atoms with E-state index < -0.39 is 0 Å². The molecule has 7 nitrogen and oxygen atoms in total. The van der Waals surface area contributed by atoms with Crippen molar-refractivity contribution in [2.45, 2.75) is 20.0 Å². The van der Waals surface area contributed by atoms with E-state index in [0.29, 0.717) is 17.1 Å². The van der Waals surface area contributed by atoms with Crippen molar-refractivity contribution >= 4 is 41.1 Å². The number of benzene rings is 1. The van der Waals surface area contributed by atoms with E-state index >= 15 is 0 Å². The number of carbonyl (C=O) groups is 2. The number of rotatable bonds is 6. The summed E-state index contributed by atoms with van der Waals surface area (Å²) in [6.45, 7) is 1.94. The van der Waals surface area contributed by atoms with E-state index in [1.54, 1.807) is 16.7 Å². The smallest absolute Gasteiger partial charge is 0.240 e. The van der Waals surface area contributed by atoms with Crippen molar-refractivity contribution in [2.75, 3.05) is 5.32 Å². The quantitative estimate of drug-likeness (QED) is 0.567. The molecule has 0 aliphatic heterocycles. The van der Waals surface area contributed by atoms with Crippen LogP contribution in [-0.2, 0) is 22.7 Å². The molecular weight excluding hydrogens is 370 g/mol. The first-order chi connectivity index (χ1) is 12.5. The number of carbonyl (C=O) groups excluding carboxylic acids is 2. The molecule has 1 aromatic carbocycles. The zero-order valence-corrected chi connectivity index (χ0v) is 15.6. The SMILES string of the molecule is CC(=O)Nc1ccc(CNC(=O)Cn2c(-c3cccs3)n[nH]c2=S)cc1. The molecule has 0 spiro atoms. The Morgan fingerprint density at radius 1 is 1.27 bits per heavy atom. The predicted molar refractivity (Wildman–Crippen MR) is 103 cm³/mol. The summed E-state index contributed by atoms with van der Waals surface area (Å²) in [7, 11) is 0. The Kier molecular flexibility index (Phi) is 5.59. The molecule has 0 saturated carbocycles. The van der Waals surface area contributed by atoms with Crippen LogP contribution in [0, 0.1) is 4.77 Å². The summed E-state index contributed by atoms with van der Waals surface area (Å²) < 4.78 is 2.08. The Morgan fingerprint density at radius 3 is 2.69 bits per heavy atom. The minimum Gasteiger partial charge on any atom is -0.350 e. The Morgan fingerprint density at radius 2 is 2.04 bits per heavy atom. The first-order valence-corrected chi connectivity index (χ1v) is 9.14. The van der Waals surface area contributed by atoms with Crippen LogP contribution in [0.25, 0.3) is 10.7 Å². The minimum atomic E-state index is -0.161. The van der Waals surface area contributed by atoms with Gasteiger partial charge in [-0.2, -0.15) is 5.10 Å². The molecule has 0 aliphatic carbocycles. The van der Waals surface area contributed by atoms with Gasteiger partial charge in [0.2, 0.25) is 11.8 Å². The maximum absolute atomic E-state index is 12.3. The molecule has 134 valence electrons. The van der Waals surface area contributed by atoms with E-state index in [0.717, 1.165) is 16.1 Å². The van der Waals surface area contributed by atoms with Crippen LogP contribution in [0.5, 0.6) is 0 Å². The zero-order chi connectivity index (χ0) is 18.5. The summed E-state index contributed by atoms with van der Waals surface area (Å²) in [6.07, 6.45) is 0. The molecule has 3 aromatic rings. The van der Waals surface area contributed by atoms with Gasteiger partial charge in [0.15, 0.2) is 10.6 Å². The van der Waals surface area contributed by atoms with Crippen LogP contribution in [-0.4, -0.2) is 26.6 Å². The van der Waals surface area contributed by atoms with Gasteiger partial charge in [-0.1, -0.05) is 18.2 Å². The van der Waals surface area contributed by atoms with Crippen LogP contribution in [0.1, 0.15) is 12.5 Å². The summed E-state index contributed by atoms with van der Waals surface area (Å²) >= 11 is 6.76. The molecule has 0 saturated heterocycles. The van der Waals surface area contributed by atoms with Crippen molar-refractivity contribution in [3.63, 3.8) is 0 Å². The number of nitrogens with one attached hydrogen (secondary N) is 3. The van der Waals surface area contributed by atoms with Crippen LogP contribution in [0.4, 0.5) is 5.69 Å². The average molecular weight is 387 g/mol. The van der Waals surface area contributed by atoms with E-state index in [-0.39, 0.29) is 18.4 Å².